The Bertz CT molecular complexity index is 596. The van der Waals surface area contributed by atoms with Crippen LogP contribution in [0.4, 0.5) is 11.6 Å². The molecule has 2 heterocycles. The highest BCUT2D eigenvalue weighted by molar-refractivity contribution is 9.10. The molecule has 3 rings (SSSR count). The summed E-state index contributed by atoms with van der Waals surface area (Å²) in [6.07, 6.45) is 3.58. The first kappa shape index (κ1) is 14.3. The van der Waals surface area contributed by atoms with Crippen LogP contribution in [0.2, 0.25) is 0 Å². The molecule has 1 aliphatic rings. The molecule has 5 nitrogen and oxygen atoms in total. The van der Waals surface area contributed by atoms with E-state index in [9.17, 15) is 0 Å². The zero-order valence-corrected chi connectivity index (χ0v) is 13.3. The number of hydrogen-bond donors (Lipinski definition) is 1. The zero-order valence-electron chi connectivity index (χ0n) is 11.7. The molecule has 0 bridgehead atoms. The quantitative estimate of drug-likeness (QED) is 0.862. The topological polar surface area (TPSA) is 58.3 Å². The van der Waals surface area contributed by atoms with E-state index in [1.54, 1.807) is 12.4 Å². The van der Waals surface area contributed by atoms with Crippen molar-refractivity contribution >= 4 is 27.6 Å². The van der Waals surface area contributed by atoms with E-state index in [2.05, 4.69) is 41.8 Å². The summed E-state index contributed by atoms with van der Waals surface area (Å²) in [5, 5.41) is 0. The molecule has 1 aromatic carbocycles. The van der Waals surface area contributed by atoms with E-state index in [1.165, 1.54) is 5.56 Å². The third-order valence-corrected chi connectivity index (χ3v) is 4.42. The fraction of sp³-hybridized carbons (Fsp3) is 0.333. The number of benzene rings is 1. The number of piperazine rings is 1. The van der Waals surface area contributed by atoms with Crippen LogP contribution in [-0.4, -0.2) is 41.0 Å². The largest absolute Gasteiger partial charge is 0.399 e. The highest BCUT2D eigenvalue weighted by atomic mass is 79.9. The molecule has 0 atom stereocenters. The molecule has 1 saturated heterocycles. The van der Waals surface area contributed by atoms with Crippen LogP contribution in [0.25, 0.3) is 0 Å². The van der Waals surface area contributed by atoms with Crippen LogP contribution in [-0.2, 0) is 6.54 Å². The number of halogens is 1. The maximum Gasteiger partial charge on any atom is 0.225 e. The molecule has 1 aliphatic heterocycles. The van der Waals surface area contributed by atoms with Gasteiger partial charge in [0, 0.05) is 55.3 Å². The summed E-state index contributed by atoms with van der Waals surface area (Å²) >= 11 is 3.59. The van der Waals surface area contributed by atoms with Crippen LogP contribution < -0.4 is 10.6 Å². The monoisotopic (exact) mass is 347 g/mol. The number of hydrogen-bond acceptors (Lipinski definition) is 5. The maximum absolute atomic E-state index is 5.78. The van der Waals surface area contributed by atoms with Gasteiger partial charge >= 0.3 is 0 Å². The highest BCUT2D eigenvalue weighted by Gasteiger charge is 2.19. The molecule has 0 aliphatic carbocycles. The van der Waals surface area contributed by atoms with Crippen molar-refractivity contribution in [3.05, 3.63) is 46.7 Å². The Hall–Kier alpha value is -1.66. The fourth-order valence-corrected chi connectivity index (χ4v) is 3.02. The Morgan fingerprint density at radius 1 is 1.10 bits per heavy atom. The van der Waals surface area contributed by atoms with Gasteiger partial charge in [-0.2, -0.15) is 0 Å². The molecule has 6 heteroatoms. The SMILES string of the molecule is Nc1ccc(CN2CCN(c3ncccn3)CC2)c(Br)c1. The molecule has 110 valence electrons. The molecule has 0 spiro atoms. The molecule has 0 amide bonds. The average molecular weight is 348 g/mol. The van der Waals surface area contributed by atoms with Gasteiger partial charge in [0.25, 0.3) is 0 Å². The summed E-state index contributed by atoms with van der Waals surface area (Å²) in [5.41, 5.74) is 7.84. The van der Waals surface area contributed by atoms with Gasteiger partial charge in [0.15, 0.2) is 0 Å². The number of aromatic nitrogens is 2. The van der Waals surface area contributed by atoms with E-state index in [-0.39, 0.29) is 0 Å². The summed E-state index contributed by atoms with van der Waals surface area (Å²) < 4.78 is 1.08. The van der Waals surface area contributed by atoms with Gasteiger partial charge in [0.05, 0.1) is 0 Å². The lowest BCUT2D eigenvalue weighted by Gasteiger charge is -2.34. The van der Waals surface area contributed by atoms with Crippen LogP contribution in [0, 0.1) is 0 Å². The summed E-state index contributed by atoms with van der Waals surface area (Å²) in [5.74, 6) is 0.825. The van der Waals surface area contributed by atoms with Crippen molar-refractivity contribution in [3.8, 4) is 0 Å². The Balaban J connectivity index is 1.59. The fourth-order valence-electron chi connectivity index (χ4n) is 2.49. The van der Waals surface area contributed by atoms with Crippen molar-refractivity contribution in [1.82, 2.24) is 14.9 Å². The summed E-state index contributed by atoms with van der Waals surface area (Å²) in [6, 6.07) is 7.85. The predicted octanol–water partition coefficient (Wildman–Crippen LogP) is 2.14. The van der Waals surface area contributed by atoms with Crippen LogP contribution >= 0.6 is 15.9 Å². The van der Waals surface area contributed by atoms with Gasteiger partial charge in [-0.15, -0.1) is 0 Å². The molecule has 2 N–H and O–H groups in total. The Morgan fingerprint density at radius 3 is 2.48 bits per heavy atom. The third-order valence-electron chi connectivity index (χ3n) is 3.68. The van der Waals surface area contributed by atoms with Crippen LogP contribution in [0.5, 0.6) is 0 Å². The Kier molecular flexibility index (Phi) is 4.36. The average Bonchev–Trinajstić information content (AvgIpc) is 2.52. The molecule has 1 fully saturated rings. The number of nitrogens with zero attached hydrogens (tertiary/aromatic N) is 4. The number of nitrogens with two attached hydrogens (primary N) is 1. The van der Waals surface area contributed by atoms with Gasteiger partial charge < -0.3 is 10.6 Å². The van der Waals surface area contributed by atoms with Gasteiger partial charge in [-0.25, -0.2) is 9.97 Å². The van der Waals surface area contributed by atoms with Crippen molar-refractivity contribution < 1.29 is 0 Å². The number of rotatable bonds is 3. The lowest BCUT2D eigenvalue weighted by molar-refractivity contribution is 0.248. The van der Waals surface area contributed by atoms with Crippen LogP contribution in [0.3, 0.4) is 0 Å². The minimum atomic E-state index is 0.789. The van der Waals surface area contributed by atoms with E-state index in [0.29, 0.717) is 0 Å². The minimum absolute atomic E-state index is 0.789. The molecular formula is C15H18BrN5. The van der Waals surface area contributed by atoms with Gasteiger partial charge in [-0.1, -0.05) is 22.0 Å². The lowest BCUT2D eigenvalue weighted by Crippen LogP contribution is -2.46. The Morgan fingerprint density at radius 2 is 1.81 bits per heavy atom. The maximum atomic E-state index is 5.78. The normalized spacial score (nSPS) is 16.1. The molecule has 1 aromatic heterocycles. The van der Waals surface area contributed by atoms with Gasteiger partial charge in [0.2, 0.25) is 5.95 Å². The van der Waals surface area contributed by atoms with E-state index < -0.39 is 0 Å². The van der Waals surface area contributed by atoms with Gasteiger partial charge in [0.1, 0.15) is 0 Å². The van der Waals surface area contributed by atoms with Crippen LogP contribution in [0.15, 0.2) is 41.1 Å². The van der Waals surface area contributed by atoms with E-state index in [4.69, 9.17) is 5.73 Å². The predicted molar refractivity (Wildman–Crippen MR) is 88.1 cm³/mol. The van der Waals surface area contributed by atoms with Crippen molar-refractivity contribution in [2.24, 2.45) is 0 Å². The van der Waals surface area contributed by atoms with E-state index in [1.807, 2.05) is 18.2 Å². The first-order valence-corrected chi connectivity index (χ1v) is 7.80. The van der Waals surface area contributed by atoms with Crippen LogP contribution in [0.1, 0.15) is 5.56 Å². The van der Waals surface area contributed by atoms with E-state index in [0.717, 1.165) is 48.8 Å². The minimum Gasteiger partial charge on any atom is -0.399 e. The molecular weight excluding hydrogens is 330 g/mol. The molecule has 21 heavy (non-hydrogen) atoms. The zero-order chi connectivity index (χ0) is 14.7. The molecule has 0 saturated carbocycles. The second-order valence-electron chi connectivity index (χ2n) is 5.16. The second-order valence-corrected chi connectivity index (χ2v) is 6.02. The summed E-state index contributed by atoms with van der Waals surface area (Å²) in [6.45, 7) is 4.86. The summed E-state index contributed by atoms with van der Waals surface area (Å²) in [4.78, 5) is 13.3. The number of nitrogen functional groups attached to an aromatic ring is 1. The highest BCUT2D eigenvalue weighted by Crippen LogP contribution is 2.22. The first-order chi connectivity index (χ1) is 10.2. The van der Waals surface area contributed by atoms with Crippen molar-refractivity contribution in [1.29, 1.82) is 0 Å². The van der Waals surface area contributed by atoms with Crippen molar-refractivity contribution in [2.45, 2.75) is 6.54 Å². The first-order valence-electron chi connectivity index (χ1n) is 7.00. The number of anilines is 2. The summed E-state index contributed by atoms with van der Waals surface area (Å²) in [7, 11) is 0. The molecule has 0 radical (unpaired) electrons. The van der Waals surface area contributed by atoms with E-state index >= 15 is 0 Å². The van der Waals surface area contributed by atoms with Gasteiger partial charge in [-0.3, -0.25) is 4.90 Å². The van der Waals surface area contributed by atoms with Crippen molar-refractivity contribution in [2.75, 3.05) is 36.8 Å². The standard InChI is InChI=1S/C15H18BrN5/c16-14-10-13(17)3-2-12(14)11-20-6-8-21(9-7-20)15-18-4-1-5-19-15/h1-5,10H,6-9,11,17H2. The Labute approximate surface area is 132 Å². The van der Waals surface area contributed by atoms with Gasteiger partial charge in [-0.05, 0) is 23.8 Å². The lowest BCUT2D eigenvalue weighted by atomic mass is 10.2. The second kappa shape index (κ2) is 6.41. The molecule has 2 aromatic rings. The smallest absolute Gasteiger partial charge is 0.225 e. The third kappa shape index (κ3) is 3.51. The van der Waals surface area contributed by atoms with Crippen molar-refractivity contribution in [3.63, 3.8) is 0 Å². The molecule has 0 unspecified atom stereocenters.